The Labute approximate surface area is 111 Å². The molecule has 19 heavy (non-hydrogen) atoms. The average molecular weight is 247 g/mol. The van der Waals surface area contributed by atoms with E-state index in [0.717, 1.165) is 12.1 Å². The molecule has 0 aliphatic heterocycles. The van der Waals surface area contributed by atoms with Crippen LogP contribution < -0.4 is 0 Å². The Hall–Kier alpha value is -2.60. The lowest BCUT2D eigenvalue weighted by Gasteiger charge is -2.06. The number of rotatable bonds is 2. The molecule has 0 N–H and O–H groups in total. The Morgan fingerprint density at radius 3 is 2.95 bits per heavy atom. The highest BCUT2D eigenvalue weighted by Crippen LogP contribution is 2.18. The molecule has 0 aliphatic rings. The van der Waals surface area contributed by atoms with E-state index in [9.17, 15) is 0 Å². The second kappa shape index (κ2) is 4.58. The van der Waals surface area contributed by atoms with Crippen LogP contribution in [0.4, 0.5) is 0 Å². The second-order valence-electron chi connectivity index (χ2n) is 4.67. The lowest BCUT2D eigenvalue weighted by Crippen LogP contribution is -1.98. The zero-order valence-corrected chi connectivity index (χ0v) is 10.7. The molecular weight excluding hydrogens is 234 g/mol. The monoisotopic (exact) mass is 247 g/mol. The minimum Gasteiger partial charge on any atom is -0.343 e. The van der Waals surface area contributed by atoms with Crippen LogP contribution in [-0.4, -0.2) is 9.55 Å². The van der Waals surface area contributed by atoms with Crippen molar-refractivity contribution in [1.29, 1.82) is 5.26 Å². The van der Waals surface area contributed by atoms with Crippen molar-refractivity contribution in [3.63, 3.8) is 0 Å². The molecule has 0 atom stereocenters. The summed E-state index contributed by atoms with van der Waals surface area (Å²) in [5, 5.41) is 10.1. The number of hydrogen-bond acceptors (Lipinski definition) is 2. The predicted octanol–water partition coefficient (Wildman–Crippen LogP) is 3.26. The van der Waals surface area contributed by atoms with Crippen molar-refractivity contribution in [3.8, 4) is 6.07 Å². The molecule has 0 amide bonds. The number of aryl methyl sites for hydroxylation is 1. The molecule has 3 nitrogen and oxygen atoms in total. The minimum absolute atomic E-state index is 0.463. The van der Waals surface area contributed by atoms with E-state index in [4.69, 9.17) is 5.26 Å². The van der Waals surface area contributed by atoms with E-state index in [-0.39, 0.29) is 0 Å². The van der Waals surface area contributed by atoms with Gasteiger partial charge in [0.2, 0.25) is 0 Å². The van der Waals surface area contributed by atoms with Crippen LogP contribution >= 0.6 is 0 Å². The first-order valence-corrected chi connectivity index (χ1v) is 6.17. The third-order valence-electron chi connectivity index (χ3n) is 3.22. The lowest BCUT2D eigenvalue weighted by molar-refractivity contribution is 0.834. The maximum absolute atomic E-state index is 8.87. The first-order chi connectivity index (χ1) is 9.26. The Balaban J connectivity index is 1.99. The van der Waals surface area contributed by atoms with Crippen molar-refractivity contribution in [1.82, 2.24) is 9.55 Å². The number of hydrogen-bond donors (Lipinski definition) is 0. The van der Waals surface area contributed by atoms with E-state index in [0.29, 0.717) is 5.69 Å². The van der Waals surface area contributed by atoms with Gasteiger partial charge in [0.25, 0.3) is 0 Å². The number of aromatic nitrogens is 2. The third-order valence-corrected chi connectivity index (χ3v) is 3.22. The second-order valence-corrected chi connectivity index (χ2v) is 4.67. The number of pyridine rings is 1. The van der Waals surface area contributed by atoms with Crippen LogP contribution in [0, 0.1) is 18.3 Å². The topological polar surface area (TPSA) is 41.6 Å². The van der Waals surface area contributed by atoms with Crippen LogP contribution in [0.15, 0.2) is 48.8 Å². The standard InChI is InChI=1S/C16H13N3/c1-12-2-3-16-14(8-12)5-7-19(16)11-13-4-6-18-15(9-13)10-17/h2-9H,11H2,1H3. The molecule has 1 aromatic carbocycles. The van der Waals surface area contributed by atoms with Crippen molar-refractivity contribution < 1.29 is 0 Å². The maximum Gasteiger partial charge on any atom is 0.140 e. The van der Waals surface area contributed by atoms with Crippen LogP contribution in [0.25, 0.3) is 10.9 Å². The van der Waals surface area contributed by atoms with E-state index in [1.807, 2.05) is 12.1 Å². The summed E-state index contributed by atoms with van der Waals surface area (Å²) in [6, 6.07) is 14.4. The minimum atomic E-state index is 0.463. The van der Waals surface area contributed by atoms with Gasteiger partial charge in [-0.1, -0.05) is 11.6 Å². The smallest absolute Gasteiger partial charge is 0.140 e. The SMILES string of the molecule is Cc1ccc2c(ccn2Cc2ccnc(C#N)c2)c1. The summed E-state index contributed by atoms with van der Waals surface area (Å²) in [4.78, 5) is 3.99. The molecule has 0 unspecified atom stereocenters. The summed E-state index contributed by atoms with van der Waals surface area (Å²) >= 11 is 0. The quantitative estimate of drug-likeness (QED) is 0.697. The van der Waals surface area contributed by atoms with Gasteiger partial charge in [0.15, 0.2) is 0 Å². The molecule has 0 fully saturated rings. The zero-order valence-electron chi connectivity index (χ0n) is 10.7. The summed E-state index contributed by atoms with van der Waals surface area (Å²) in [6.45, 7) is 2.85. The highest BCUT2D eigenvalue weighted by atomic mass is 14.9. The molecule has 0 aliphatic carbocycles. The first-order valence-electron chi connectivity index (χ1n) is 6.17. The fourth-order valence-electron chi connectivity index (χ4n) is 2.29. The van der Waals surface area contributed by atoms with Gasteiger partial charge in [-0.05, 0) is 48.2 Å². The fourth-order valence-corrected chi connectivity index (χ4v) is 2.29. The van der Waals surface area contributed by atoms with Crippen LogP contribution in [0.3, 0.4) is 0 Å². The Bertz CT molecular complexity index is 778. The highest BCUT2D eigenvalue weighted by molar-refractivity contribution is 5.80. The van der Waals surface area contributed by atoms with E-state index < -0.39 is 0 Å². The molecule has 3 aromatic rings. The Kier molecular flexibility index (Phi) is 2.77. The molecule has 0 saturated heterocycles. The van der Waals surface area contributed by atoms with Gasteiger partial charge in [-0.25, -0.2) is 4.98 Å². The van der Waals surface area contributed by atoms with Crippen molar-refractivity contribution in [2.75, 3.05) is 0 Å². The molecular formula is C16H13N3. The first kappa shape index (κ1) is 11.5. The van der Waals surface area contributed by atoms with Gasteiger partial charge in [0.1, 0.15) is 11.8 Å². The Morgan fingerprint density at radius 1 is 1.21 bits per heavy atom. The van der Waals surface area contributed by atoms with Gasteiger partial charge in [-0.2, -0.15) is 5.26 Å². The number of fused-ring (bicyclic) bond motifs is 1. The van der Waals surface area contributed by atoms with E-state index in [1.165, 1.54) is 16.5 Å². The largest absolute Gasteiger partial charge is 0.343 e. The summed E-state index contributed by atoms with van der Waals surface area (Å²) in [7, 11) is 0. The number of benzene rings is 1. The molecule has 0 spiro atoms. The Morgan fingerprint density at radius 2 is 2.11 bits per heavy atom. The molecule has 92 valence electrons. The van der Waals surface area contributed by atoms with Crippen molar-refractivity contribution in [3.05, 3.63) is 65.6 Å². The van der Waals surface area contributed by atoms with E-state index in [1.54, 1.807) is 6.20 Å². The van der Waals surface area contributed by atoms with Crippen molar-refractivity contribution >= 4 is 10.9 Å². The van der Waals surface area contributed by atoms with E-state index >= 15 is 0 Å². The zero-order chi connectivity index (χ0) is 13.2. The van der Waals surface area contributed by atoms with Crippen LogP contribution in [0.5, 0.6) is 0 Å². The van der Waals surface area contributed by atoms with Gasteiger partial charge < -0.3 is 4.57 Å². The fraction of sp³-hybridized carbons (Fsp3) is 0.125. The summed E-state index contributed by atoms with van der Waals surface area (Å²) in [6.07, 6.45) is 3.76. The van der Waals surface area contributed by atoms with Gasteiger partial charge in [0, 0.05) is 24.5 Å². The lowest BCUT2D eigenvalue weighted by atomic mass is 10.2. The highest BCUT2D eigenvalue weighted by Gasteiger charge is 2.03. The van der Waals surface area contributed by atoms with Gasteiger partial charge >= 0.3 is 0 Å². The average Bonchev–Trinajstić information content (AvgIpc) is 2.81. The van der Waals surface area contributed by atoms with Crippen LogP contribution in [0.2, 0.25) is 0 Å². The molecule has 0 radical (unpaired) electrons. The molecule has 3 rings (SSSR count). The van der Waals surface area contributed by atoms with Crippen molar-refractivity contribution in [2.24, 2.45) is 0 Å². The molecule has 2 aromatic heterocycles. The van der Waals surface area contributed by atoms with Crippen LogP contribution in [-0.2, 0) is 6.54 Å². The van der Waals surface area contributed by atoms with Gasteiger partial charge in [-0.15, -0.1) is 0 Å². The molecule has 2 heterocycles. The summed E-state index contributed by atoms with van der Waals surface area (Å²) in [5.74, 6) is 0. The summed E-state index contributed by atoms with van der Waals surface area (Å²) < 4.78 is 2.19. The van der Waals surface area contributed by atoms with Crippen LogP contribution in [0.1, 0.15) is 16.8 Å². The number of nitrogens with zero attached hydrogens (tertiary/aromatic N) is 3. The molecule has 3 heteroatoms. The normalized spacial score (nSPS) is 10.5. The molecule has 0 bridgehead atoms. The predicted molar refractivity (Wildman–Crippen MR) is 74.7 cm³/mol. The van der Waals surface area contributed by atoms with E-state index in [2.05, 4.69) is 53.0 Å². The van der Waals surface area contributed by atoms with Gasteiger partial charge in [0.05, 0.1) is 0 Å². The van der Waals surface area contributed by atoms with Gasteiger partial charge in [-0.3, -0.25) is 0 Å². The maximum atomic E-state index is 8.87. The number of nitriles is 1. The summed E-state index contributed by atoms with van der Waals surface area (Å²) in [5.41, 5.74) is 4.02. The van der Waals surface area contributed by atoms with Crippen molar-refractivity contribution in [2.45, 2.75) is 13.5 Å². The third kappa shape index (κ3) is 2.21. The molecule has 0 saturated carbocycles.